The summed E-state index contributed by atoms with van der Waals surface area (Å²) in [5.41, 5.74) is 0.959. The number of ether oxygens (including phenoxy) is 1. The molecule has 0 spiro atoms. The Hall–Kier alpha value is -0.810. The summed E-state index contributed by atoms with van der Waals surface area (Å²) in [6.45, 7) is 2.96. The monoisotopic (exact) mass is 324 g/mol. The zero-order valence-electron chi connectivity index (χ0n) is 12.5. The number of nitrogens with zero attached hydrogens (tertiary/aromatic N) is 2. The van der Waals surface area contributed by atoms with E-state index in [1.54, 1.807) is 7.11 Å². The van der Waals surface area contributed by atoms with Gasteiger partial charge in [-0.15, -0.1) is 11.8 Å². The van der Waals surface area contributed by atoms with E-state index in [0.717, 1.165) is 42.4 Å². The molecule has 21 heavy (non-hydrogen) atoms. The van der Waals surface area contributed by atoms with Crippen molar-refractivity contribution >= 4 is 34.3 Å². The molecule has 2 aromatic rings. The number of thioether (sulfide) groups is 1. The van der Waals surface area contributed by atoms with E-state index in [1.807, 2.05) is 30.1 Å². The van der Waals surface area contributed by atoms with E-state index < -0.39 is 0 Å². The molecule has 1 aromatic heterocycles. The number of halogens is 1. The van der Waals surface area contributed by atoms with Crippen molar-refractivity contribution in [2.45, 2.75) is 11.3 Å². The van der Waals surface area contributed by atoms with Crippen LogP contribution in [0.5, 0.6) is 0 Å². The maximum atomic E-state index is 6.01. The Kier molecular flexibility index (Phi) is 6.77. The van der Waals surface area contributed by atoms with E-state index >= 15 is 0 Å². The smallest absolute Gasteiger partial charge is 0.0728 e. The van der Waals surface area contributed by atoms with Crippen molar-refractivity contribution in [2.75, 3.05) is 39.6 Å². The molecule has 0 amide bonds. The van der Waals surface area contributed by atoms with Crippen LogP contribution < -0.4 is 0 Å². The molecule has 0 radical (unpaired) electrons. The molecule has 2 rings (SSSR count). The third-order valence-electron chi connectivity index (χ3n) is 3.28. The fourth-order valence-electron chi connectivity index (χ4n) is 2.12. The molecule has 0 aliphatic carbocycles. The van der Waals surface area contributed by atoms with Gasteiger partial charge < -0.3 is 9.64 Å². The quantitative estimate of drug-likeness (QED) is 0.542. The summed E-state index contributed by atoms with van der Waals surface area (Å²) in [4.78, 5) is 7.98. The minimum atomic E-state index is 0.732. The van der Waals surface area contributed by atoms with Crippen LogP contribution in [0, 0.1) is 0 Å². The van der Waals surface area contributed by atoms with Crippen molar-refractivity contribution in [1.29, 1.82) is 0 Å². The predicted octanol–water partition coefficient (Wildman–Crippen LogP) is 3.95. The van der Waals surface area contributed by atoms with Gasteiger partial charge in [0.25, 0.3) is 0 Å². The van der Waals surface area contributed by atoms with E-state index in [2.05, 4.69) is 29.1 Å². The third-order valence-corrected chi connectivity index (χ3v) is 4.57. The topological polar surface area (TPSA) is 25.4 Å². The molecule has 0 saturated carbocycles. The highest BCUT2D eigenvalue weighted by atomic mass is 35.5. The molecule has 0 saturated heterocycles. The number of hydrogen-bond donors (Lipinski definition) is 0. The lowest BCUT2D eigenvalue weighted by atomic mass is 10.2. The van der Waals surface area contributed by atoms with Crippen molar-refractivity contribution < 1.29 is 4.74 Å². The molecule has 0 N–H and O–H groups in total. The van der Waals surface area contributed by atoms with Gasteiger partial charge in [-0.25, -0.2) is 0 Å². The number of hydrogen-bond acceptors (Lipinski definition) is 4. The number of methoxy groups -OCH3 is 1. The maximum Gasteiger partial charge on any atom is 0.0728 e. The van der Waals surface area contributed by atoms with Gasteiger partial charge in [0.2, 0.25) is 0 Å². The molecular weight excluding hydrogens is 304 g/mol. The lowest BCUT2D eigenvalue weighted by molar-refractivity contribution is 0.181. The van der Waals surface area contributed by atoms with Crippen LogP contribution in [0.1, 0.15) is 6.42 Å². The fraction of sp³-hybridized carbons (Fsp3) is 0.438. The van der Waals surface area contributed by atoms with E-state index in [0.29, 0.717) is 0 Å². The summed E-state index contributed by atoms with van der Waals surface area (Å²) >= 11 is 7.88. The van der Waals surface area contributed by atoms with Crippen molar-refractivity contribution in [3.8, 4) is 0 Å². The first kappa shape index (κ1) is 16.6. The highest BCUT2D eigenvalue weighted by molar-refractivity contribution is 7.99. The summed E-state index contributed by atoms with van der Waals surface area (Å²) in [5.74, 6) is 1.06. The molecule has 0 bridgehead atoms. The maximum absolute atomic E-state index is 6.01. The van der Waals surface area contributed by atoms with Crippen molar-refractivity contribution in [2.24, 2.45) is 0 Å². The Bertz CT molecular complexity index is 579. The van der Waals surface area contributed by atoms with Gasteiger partial charge in [-0.2, -0.15) is 0 Å². The zero-order chi connectivity index (χ0) is 15.1. The van der Waals surface area contributed by atoms with Crippen molar-refractivity contribution in [3.63, 3.8) is 0 Å². The SMILES string of the molecule is COCCCN(C)CCSc1ccnc2cc(Cl)ccc12. The Labute approximate surface area is 135 Å². The minimum absolute atomic E-state index is 0.732. The third kappa shape index (κ3) is 5.15. The van der Waals surface area contributed by atoms with Crippen molar-refractivity contribution in [3.05, 3.63) is 35.5 Å². The first-order valence-electron chi connectivity index (χ1n) is 7.05. The van der Waals surface area contributed by atoms with Crippen LogP contribution in [0.15, 0.2) is 35.4 Å². The second-order valence-electron chi connectivity index (χ2n) is 4.97. The number of aromatic nitrogens is 1. The number of benzene rings is 1. The average Bonchev–Trinajstić information content (AvgIpc) is 2.47. The zero-order valence-corrected chi connectivity index (χ0v) is 14.1. The van der Waals surface area contributed by atoms with Crippen LogP contribution >= 0.6 is 23.4 Å². The van der Waals surface area contributed by atoms with Crippen LogP contribution in [0.3, 0.4) is 0 Å². The predicted molar refractivity (Wildman–Crippen MR) is 91.5 cm³/mol. The van der Waals surface area contributed by atoms with Gasteiger partial charge in [-0.1, -0.05) is 17.7 Å². The van der Waals surface area contributed by atoms with E-state index in [1.165, 1.54) is 10.3 Å². The van der Waals surface area contributed by atoms with E-state index in [9.17, 15) is 0 Å². The molecule has 1 aromatic carbocycles. The van der Waals surface area contributed by atoms with E-state index in [4.69, 9.17) is 16.3 Å². The van der Waals surface area contributed by atoms with Gasteiger partial charge in [0, 0.05) is 54.1 Å². The highest BCUT2D eigenvalue weighted by Gasteiger charge is 2.04. The van der Waals surface area contributed by atoms with Crippen LogP contribution in [0.25, 0.3) is 10.9 Å². The first-order valence-corrected chi connectivity index (χ1v) is 8.41. The Morgan fingerprint density at radius 3 is 2.95 bits per heavy atom. The highest BCUT2D eigenvalue weighted by Crippen LogP contribution is 2.28. The first-order chi connectivity index (χ1) is 10.2. The standard InChI is InChI=1S/C16H21ClN2OS/c1-19(8-3-10-20-2)9-11-21-16-6-7-18-15-12-13(17)4-5-14(15)16/h4-7,12H,3,8-11H2,1-2H3. The Morgan fingerprint density at radius 1 is 1.29 bits per heavy atom. The lowest BCUT2D eigenvalue weighted by Gasteiger charge is -2.16. The molecule has 0 fully saturated rings. The molecule has 114 valence electrons. The number of rotatable bonds is 8. The van der Waals surface area contributed by atoms with Gasteiger partial charge in [0.1, 0.15) is 0 Å². The lowest BCUT2D eigenvalue weighted by Crippen LogP contribution is -2.23. The van der Waals surface area contributed by atoms with Crippen LogP contribution in [-0.4, -0.2) is 49.5 Å². The molecule has 0 atom stereocenters. The number of pyridine rings is 1. The summed E-state index contributed by atoms with van der Waals surface area (Å²) in [6, 6.07) is 7.96. The van der Waals surface area contributed by atoms with Gasteiger partial charge in [0.05, 0.1) is 5.52 Å². The van der Waals surface area contributed by atoms with Gasteiger partial charge >= 0.3 is 0 Å². The normalized spacial score (nSPS) is 11.4. The van der Waals surface area contributed by atoms with Gasteiger partial charge in [0.15, 0.2) is 0 Å². The van der Waals surface area contributed by atoms with E-state index in [-0.39, 0.29) is 0 Å². The molecule has 0 aliphatic heterocycles. The summed E-state index contributed by atoms with van der Waals surface area (Å²) in [5, 5.41) is 1.91. The largest absolute Gasteiger partial charge is 0.385 e. The van der Waals surface area contributed by atoms with Crippen LogP contribution in [0.4, 0.5) is 0 Å². The minimum Gasteiger partial charge on any atom is -0.385 e. The number of fused-ring (bicyclic) bond motifs is 1. The Morgan fingerprint density at radius 2 is 2.14 bits per heavy atom. The van der Waals surface area contributed by atoms with Gasteiger partial charge in [-0.3, -0.25) is 4.98 Å². The Balaban J connectivity index is 1.89. The summed E-state index contributed by atoms with van der Waals surface area (Å²) in [6.07, 6.45) is 2.93. The molecular formula is C16H21ClN2OS. The summed E-state index contributed by atoms with van der Waals surface area (Å²) < 4.78 is 5.07. The van der Waals surface area contributed by atoms with Crippen LogP contribution in [0.2, 0.25) is 5.02 Å². The fourth-order valence-corrected chi connectivity index (χ4v) is 3.40. The second-order valence-corrected chi connectivity index (χ2v) is 6.54. The molecule has 0 aliphatic rings. The second kappa shape index (κ2) is 8.59. The summed E-state index contributed by atoms with van der Waals surface area (Å²) in [7, 11) is 3.90. The van der Waals surface area contributed by atoms with Crippen molar-refractivity contribution in [1.82, 2.24) is 9.88 Å². The average molecular weight is 325 g/mol. The van der Waals surface area contributed by atoms with Gasteiger partial charge in [-0.05, 0) is 31.7 Å². The molecule has 3 nitrogen and oxygen atoms in total. The molecule has 1 heterocycles. The molecule has 5 heteroatoms. The molecule has 0 unspecified atom stereocenters. The van der Waals surface area contributed by atoms with Crippen LogP contribution in [-0.2, 0) is 4.74 Å².